The third-order valence-electron chi connectivity index (χ3n) is 13.5. The highest BCUT2D eigenvalue weighted by Crippen LogP contribution is 2.72. The molecular formula is C37H58N2O. The zero-order valence-corrected chi connectivity index (χ0v) is 26.5. The lowest BCUT2D eigenvalue weighted by Crippen LogP contribution is -2.53. The van der Waals surface area contributed by atoms with Gasteiger partial charge in [-0.25, -0.2) is 0 Å². The minimum absolute atomic E-state index is 0.0352. The molecule has 4 aliphatic rings. The van der Waals surface area contributed by atoms with E-state index in [9.17, 15) is 4.79 Å². The molecule has 4 N–H and O–H groups in total. The molecule has 2 bridgehead atoms. The number of ketones is 1. The summed E-state index contributed by atoms with van der Waals surface area (Å²) in [5, 5.41) is 0. The number of carbonyl (C=O) groups is 1. The average Bonchev–Trinajstić information content (AvgIpc) is 3.20. The van der Waals surface area contributed by atoms with Crippen LogP contribution in [0.15, 0.2) is 30.4 Å². The largest absolute Gasteiger partial charge is 0.399 e. The first kappa shape index (κ1) is 29.7. The van der Waals surface area contributed by atoms with Crippen LogP contribution in [0.3, 0.4) is 0 Å². The van der Waals surface area contributed by atoms with E-state index in [4.69, 9.17) is 18.0 Å². The minimum Gasteiger partial charge on any atom is -0.399 e. The summed E-state index contributed by atoms with van der Waals surface area (Å²) in [4.78, 5) is 13.8. The summed E-state index contributed by atoms with van der Waals surface area (Å²) in [5.41, 5.74) is 16.2. The molecule has 4 fully saturated rings. The van der Waals surface area contributed by atoms with Crippen LogP contribution < -0.4 is 11.5 Å². The van der Waals surface area contributed by atoms with Gasteiger partial charge in [0.2, 0.25) is 0 Å². The standard InChI is InChI=1S/C37H58N2O/c1-23(2)9-8-10-24(3)31-12-13-32-30-11-14-34-36(7,22-33(40)27-19-28(38)21-29(39)20-27)25(4)15-16-37(34,26(30)5)18-17-35(31,32)6/h19-21,23-25,30-32,34H,5,8-18,22,38-39H2,1-4,6-7H3. The Hall–Kier alpha value is -1.77. The van der Waals surface area contributed by atoms with E-state index in [1.165, 1.54) is 70.6 Å². The molecule has 1 aromatic rings. The topological polar surface area (TPSA) is 69.1 Å². The van der Waals surface area contributed by atoms with Crippen molar-refractivity contribution >= 4 is 17.2 Å². The Balaban J connectivity index is 1.41. The third kappa shape index (κ3) is 4.86. The van der Waals surface area contributed by atoms with E-state index in [1.807, 2.05) is 12.1 Å². The van der Waals surface area contributed by atoms with Gasteiger partial charge in [-0.3, -0.25) is 4.79 Å². The molecule has 1 aromatic carbocycles. The van der Waals surface area contributed by atoms with Crippen molar-refractivity contribution in [3.63, 3.8) is 0 Å². The first-order chi connectivity index (χ1) is 18.8. The second-order valence-electron chi connectivity index (χ2n) is 15.9. The van der Waals surface area contributed by atoms with Gasteiger partial charge in [-0.1, -0.05) is 73.0 Å². The van der Waals surface area contributed by atoms with Crippen molar-refractivity contribution in [2.75, 3.05) is 11.5 Å². The molecule has 1 spiro atoms. The van der Waals surface area contributed by atoms with Gasteiger partial charge in [0.25, 0.3) is 0 Å². The Morgan fingerprint density at radius 3 is 2.33 bits per heavy atom. The number of rotatable bonds is 8. The molecular weight excluding hydrogens is 488 g/mol. The van der Waals surface area contributed by atoms with Crippen LogP contribution in [-0.4, -0.2) is 5.78 Å². The zero-order chi connectivity index (χ0) is 29.0. The van der Waals surface area contributed by atoms with Crippen molar-refractivity contribution in [3.8, 4) is 0 Å². The van der Waals surface area contributed by atoms with Crippen LogP contribution in [0.1, 0.15) is 129 Å². The van der Waals surface area contributed by atoms with Gasteiger partial charge >= 0.3 is 0 Å². The van der Waals surface area contributed by atoms with Gasteiger partial charge in [-0.05, 0) is 127 Å². The van der Waals surface area contributed by atoms with Gasteiger partial charge in [-0.2, -0.15) is 0 Å². The first-order valence-corrected chi connectivity index (χ1v) is 16.7. The SMILES string of the molecule is C=C1C2CCC3C1(CCC(C)C3(C)CC(=O)c1cc(N)cc(N)c1)CCC1(C)C(C(C)CCCC(C)C)CCC21. The van der Waals surface area contributed by atoms with E-state index in [2.05, 4.69) is 41.5 Å². The quantitative estimate of drug-likeness (QED) is 0.194. The van der Waals surface area contributed by atoms with Crippen molar-refractivity contribution in [2.45, 2.75) is 119 Å². The predicted molar refractivity (Wildman–Crippen MR) is 170 cm³/mol. The lowest BCUT2D eigenvalue weighted by Gasteiger charge is -2.61. The number of hydrogen-bond acceptors (Lipinski definition) is 3. The second-order valence-corrected chi connectivity index (χ2v) is 15.9. The Morgan fingerprint density at radius 2 is 1.65 bits per heavy atom. The van der Waals surface area contributed by atoms with Crippen molar-refractivity contribution in [3.05, 3.63) is 35.9 Å². The molecule has 0 aromatic heterocycles. The van der Waals surface area contributed by atoms with Crippen molar-refractivity contribution in [1.29, 1.82) is 0 Å². The zero-order valence-electron chi connectivity index (χ0n) is 26.5. The molecule has 4 aliphatic carbocycles. The summed E-state index contributed by atoms with van der Waals surface area (Å²) in [5.74, 6) is 5.16. The van der Waals surface area contributed by atoms with Crippen molar-refractivity contribution in [1.82, 2.24) is 0 Å². The highest BCUT2D eigenvalue weighted by Gasteiger charge is 2.63. The molecule has 9 atom stereocenters. The molecule has 3 heteroatoms. The van der Waals surface area contributed by atoms with E-state index in [0.717, 1.165) is 23.7 Å². The lowest BCUT2D eigenvalue weighted by molar-refractivity contribution is -0.0694. The van der Waals surface area contributed by atoms with Crippen molar-refractivity contribution in [2.24, 2.45) is 57.7 Å². The highest BCUT2D eigenvalue weighted by atomic mass is 16.1. The fourth-order valence-electron chi connectivity index (χ4n) is 11.1. The van der Waals surface area contributed by atoms with Gasteiger partial charge in [0.1, 0.15) is 0 Å². The number of carbonyl (C=O) groups excluding carboxylic acids is 1. The number of anilines is 2. The minimum atomic E-state index is -0.0352. The predicted octanol–water partition coefficient (Wildman–Crippen LogP) is 9.72. The van der Waals surface area contributed by atoms with Crippen LogP contribution in [0.4, 0.5) is 11.4 Å². The maximum absolute atomic E-state index is 13.8. The van der Waals surface area contributed by atoms with Crippen molar-refractivity contribution < 1.29 is 4.79 Å². The van der Waals surface area contributed by atoms with Crippen LogP contribution >= 0.6 is 0 Å². The van der Waals surface area contributed by atoms with Crippen LogP contribution in [0.25, 0.3) is 0 Å². The molecule has 0 radical (unpaired) electrons. The maximum atomic E-state index is 13.8. The molecule has 0 amide bonds. The molecule has 4 saturated carbocycles. The summed E-state index contributed by atoms with van der Waals surface area (Å²) in [6.45, 7) is 19.8. The average molecular weight is 547 g/mol. The molecule has 9 unspecified atom stereocenters. The summed E-state index contributed by atoms with van der Waals surface area (Å²) in [6, 6.07) is 5.37. The normalized spacial score (nSPS) is 39.9. The molecule has 0 aliphatic heterocycles. The summed E-state index contributed by atoms with van der Waals surface area (Å²) in [7, 11) is 0. The number of allylic oxidation sites excluding steroid dienone is 1. The van der Waals surface area contributed by atoms with Crippen LogP contribution in [-0.2, 0) is 0 Å². The maximum Gasteiger partial charge on any atom is 0.163 e. The van der Waals surface area contributed by atoms with E-state index < -0.39 is 0 Å². The van der Waals surface area contributed by atoms with Gasteiger partial charge in [0.15, 0.2) is 5.78 Å². The van der Waals surface area contributed by atoms with E-state index in [0.29, 0.717) is 46.5 Å². The Bertz CT molecular complexity index is 1100. The second kappa shape index (κ2) is 10.8. The Kier molecular flexibility index (Phi) is 8.03. The molecule has 0 saturated heterocycles. The summed E-state index contributed by atoms with van der Waals surface area (Å²) in [6.07, 6.45) is 15.1. The smallest absolute Gasteiger partial charge is 0.163 e. The lowest BCUT2D eigenvalue weighted by atomic mass is 9.43. The van der Waals surface area contributed by atoms with Crippen LogP contribution in [0, 0.1) is 57.7 Å². The highest BCUT2D eigenvalue weighted by molar-refractivity contribution is 5.98. The molecule has 5 rings (SSSR count). The van der Waals surface area contributed by atoms with E-state index in [-0.39, 0.29) is 16.6 Å². The summed E-state index contributed by atoms with van der Waals surface area (Å²) >= 11 is 0. The molecule has 3 nitrogen and oxygen atoms in total. The number of fused-ring (bicyclic) bond motifs is 3. The Morgan fingerprint density at radius 1 is 0.950 bits per heavy atom. The Labute approximate surface area is 245 Å². The van der Waals surface area contributed by atoms with E-state index in [1.54, 1.807) is 11.6 Å². The van der Waals surface area contributed by atoms with Gasteiger partial charge in [0, 0.05) is 23.4 Å². The van der Waals surface area contributed by atoms with Gasteiger partial charge in [-0.15, -0.1) is 0 Å². The number of benzene rings is 1. The third-order valence-corrected chi connectivity index (χ3v) is 13.5. The molecule has 222 valence electrons. The van der Waals surface area contributed by atoms with Gasteiger partial charge in [0.05, 0.1) is 0 Å². The number of hydrogen-bond donors (Lipinski definition) is 2. The van der Waals surface area contributed by atoms with Crippen LogP contribution in [0.5, 0.6) is 0 Å². The number of nitrogens with two attached hydrogens (primary N) is 2. The fraction of sp³-hybridized carbons (Fsp3) is 0.757. The van der Waals surface area contributed by atoms with Gasteiger partial charge < -0.3 is 11.5 Å². The monoisotopic (exact) mass is 546 g/mol. The molecule has 0 heterocycles. The number of Topliss-reactive ketones (excluding diaryl/α,β-unsaturated/α-hetero) is 1. The first-order valence-electron chi connectivity index (χ1n) is 16.7. The van der Waals surface area contributed by atoms with Crippen LogP contribution in [0.2, 0.25) is 0 Å². The van der Waals surface area contributed by atoms with E-state index >= 15 is 0 Å². The number of nitrogen functional groups attached to an aromatic ring is 2. The fourth-order valence-corrected chi connectivity index (χ4v) is 11.1. The summed E-state index contributed by atoms with van der Waals surface area (Å²) < 4.78 is 0. The molecule has 40 heavy (non-hydrogen) atoms.